The van der Waals surface area contributed by atoms with Crippen molar-refractivity contribution in [2.24, 2.45) is 0 Å². The number of benzene rings is 1. The highest BCUT2D eigenvalue weighted by Crippen LogP contribution is 2.25. The molecule has 3 rings (SSSR count). The number of aromatic amines is 1. The number of hydrogen-bond donors (Lipinski definition) is 2. The molecule has 2 N–H and O–H groups in total. The van der Waals surface area contributed by atoms with Crippen molar-refractivity contribution in [2.75, 3.05) is 0 Å². The van der Waals surface area contributed by atoms with Gasteiger partial charge in [-0.25, -0.2) is 0 Å². The molecular weight excluding hydrogens is 364 g/mol. The first-order valence-electron chi connectivity index (χ1n) is 7.29. The van der Waals surface area contributed by atoms with E-state index in [4.69, 9.17) is 23.8 Å². The minimum absolute atomic E-state index is 0.125. The van der Waals surface area contributed by atoms with Gasteiger partial charge in [0.2, 0.25) is 5.91 Å². The third-order valence-corrected chi connectivity index (χ3v) is 5.00. The van der Waals surface area contributed by atoms with Crippen molar-refractivity contribution < 1.29 is 4.79 Å². The highest BCUT2D eigenvalue weighted by atomic mass is 35.5. The molecule has 0 radical (unpaired) electrons. The molecule has 5 nitrogen and oxygen atoms in total. The van der Waals surface area contributed by atoms with E-state index in [-0.39, 0.29) is 5.91 Å². The first-order valence-corrected chi connectivity index (χ1v) is 8.96. The molecule has 0 bridgehead atoms. The van der Waals surface area contributed by atoms with Crippen LogP contribution in [0.25, 0.3) is 10.7 Å². The van der Waals surface area contributed by atoms with Crippen molar-refractivity contribution in [3.05, 3.63) is 57.1 Å². The maximum atomic E-state index is 12.5. The fraction of sp³-hybridized carbons (Fsp3) is 0.188. The smallest absolute Gasteiger partial charge is 0.243 e. The van der Waals surface area contributed by atoms with Crippen LogP contribution in [0.15, 0.2) is 41.8 Å². The summed E-state index contributed by atoms with van der Waals surface area (Å²) in [6, 6.07) is 10.8. The number of nitrogens with one attached hydrogen (secondary N) is 2. The first-order chi connectivity index (χ1) is 11.6. The van der Waals surface area contributed by atoms with Gasteiger partial charge in [-0.3, -0.25) is 14.5 Å². The first kappa shape index (κ1) is 16.9. The predicted octanol–water partition coefficient (Wildman–Crippen LogP) is 4.20. The molecule has 0 unspecified atom stereocenters. The minimum Gasteiger partial charge on any atom is -0.350 e. The SMILES string of the molecule is C[C@H](C(=O)NCc1ccc(Cl)cc1)n1c(-c2cccs2)n[nH]c1=S. The molecule has 24 heavy (non-hydrogen) atoms. The van der Waals surface area contributed by atoms with E-state index in [0.29, 0.717) is 22.2 Å². The standard InChI is InChI=1S/C16H15ClN4OS2/c1-10(15(22)18-9-11-4-6-12(17)7-5-11)21-14(19-20-16(21)23)13-3-2-8-24-13/h2-8,10H,9H2,1H3,(H,18,22)(H,20,23)/t10-/m1/s1. The second-order valence-electron chi connectivity index (χ2n) is 5.22. The number of carbonyl (C=O) groups excluding carboxylic acids is 1. The summed E-state index contributed by atoms with van der Waals surface area (Å²) in [5.41, 5.74) is 0.981. The van der Waals surface area contributed by atoms with Gasteiger partial charge in [0.1, 0.15) is 6.04 Å². The number of thiophene rings is 1. The Bertz CT molecular complexity index is 884. The van der Waals surface area contributed by atoms with Crippen LogP contribution < -0.4 is 5.32 Å². The third kappa shape index (κ3) is 3.58. The van der Waals surface area contributed by atoms with E-state index in [0.717, 1.165) is 10.4 Å². The van der Waals surface area contributed by atoms with Crippen molar-refractivity contribution in [3.8, 4) is 10.7 Å². The Morgan fingerprint density at radius 3 is 2.83 bits per heavy atom. The van der Waals surface area contributed by atoms with Gasteiger partial charge in [-0.2, -0.15) is 5.10 Å². The van der Waals surface area contributed by atoms with Gasteiger partial charge in [-0.15, -0.1) is 11.3 Å². The maximum Gasteiger partial charge on any atom is 0.243 e. The van der Waals surface area contributed by atoms with Crippen LogP contribution in [0.5, 0.6) is 0 Å². The normalized spacial score (nSPS) is 12.1. The lowest BCUT2D eigenvalue weighted by molar-refractivity contribution is -0.124. The summed E-state index contributed by atoms with van der Waals surface area (Å²) in [5.74, 6) is 0.546. The molecule has 3 aromatic rings. The van der Waals surface area contributed by atoms with Crippen LogP contribution in [0.1, 0.15) is 18.5 Å². The molecule has 0 aliphatic rings. The van der Waals surface area contributed by atoms with Gasteiger partial charge < -0.3 is 5.32 Å². The molecule has 1 aromatic carbocycles. The number of carbonyl (C=O) groups is 1. The second-order valence-corrected chi connectivity index (χ2v) is 6.99. The summed E-state index contributed by atoms with van der Waals surface area (Å²) in [7, 11) is 0. The molecular formula is C16H15ClN4OS2. The Hall–Kier alpha value is -1.96. The third-order valence-electron chi connectivity index (χ3n) is 3.59. The molecule has 1 atom stereocenters. The van der Waals surface area contributed by atoms with Crippen molar-refractivity contribution in [2.45, 2.75) is 19.5 Å². The number of nitrogens with zero attached hydrogens (tertiary/aromatic N) is 2. The highest BCUT2D eigenvalue weighted by molar-refractivity contribution is 7.71. The topological polar surface area (TPSA) is 62.7 Å². The predicted molar refractivity (Wildman–Crippen MR) is 98.7 cm³/mol. The summed E-state index contributed by atoms with van der Waals surface area (Å²) in [6.45, 7) is 2.24. The zero-order valence-corrected chi connectivity index (χ0v) is 15.2. The van der Waals surface area contributed by atoms with Gasteiger partial charge in [-0.1, -0.05) is 29.8 Å². The van der Waals surface area contributed by atoms with Crippen LogP contribution in [0.4, 0.5) is 0 Å². The van der Waals surface area contributed by atoms with E-state index < -0.39 is 6.04 Å². The van der Waals surface area contributed by atoms with Gasteiger partial charge in [0.25, 0.3) is 0 Å². The molecule has 1 amide bonds. The number of H-pyrrole nitrogens is 1. The molecule has 2 heterocycles. The lowest BCUT2D eigenvalue weighted by Crippen LogP contribution is -2.31. The minimum atomic E-state index is -0.472. The summed E-state index contributed by atoms with van der Waals surface area (Å²) in [6.07, 6.45) is 0. The Balaban J connectivity index is 1.75. The average Bonchev–Trinajstić information content (AvgIpc) is 3.22. The zero-order valence-electron chi connectivity index (χ0n) is 12.8. The van der Waals surface area contributed by atoms with Gasteiger partial charge in [0.05, 0.1) is 4.88 Å². The van der Waals surface area contributed by atoms with Crippen LogP contribution >= 0.6 is 35.2 Å². The molecule has 0 saturated carbocycles. The highest BCUT2D eigenvalue weighted by Gasteiger charge is 2.21. The fourth-order valence-electron chi connectivity index (χ4n) is 2.30. The van der Waals surface area contributed by atoms with Crippen molar-refractivity contribution in [1.29, 1.82) is 0 Å². The van der Waals surface area contributed by atoms with Crippen LogP contribution in [0.3, 0.4) is 0 Å². The summed E-state index contributed by atoms with van der Waals surface area (Å²) in [5, 5.41) is 12.6. The molecule has 2 aromatic heterocycles. The van der Waals surface area contributed by atoms with Gasteiger partial charge >= 0.3 is 0 Å². The second kappa shape index (κ2) is 7.29. The Labute approximate surface area is 153 Å². The van der Waals surface area contributed by atoms with E-state index in [1.54, 1.807) is 35.0 Å². The number of aromatic nitrogens is 3. The summed E-state index contributed by atoms with van der Waals surface area (Å²) >= 11 is 12.7. The number of amides is 1. The largest absolute Gasteiger partial charge is 0.350 e. The van der Waals surface area contributed by atoms with Crippen molar-refractivity contribution in [3.63, 3.8) is 0 Å². The van der Waals surface area contributed by atoms with Gasteiger partial charge in [-0.05, 0) is 48.3 Å². The van der Waals surface area contributed by atoms with Gasteiger partial charge in [0, 0.05) is 11.6 Å². The molecule has 124 valence electrons. The van der Waals surface area contributed by atoms with Crippen LogP contribution in [-0.4, -0.2) is 20.7 Å². The Kier molecular flexibility index (Phi) is 5.13. The quantitative estimate of drug-likeness (QED) is 0.654. The lowest BCUT2D eigenvalue weighted by Gasteiger charge is -2.15. The fourth-order valence-corrected chi connectivity index (χ4v) is 3.43. The van der Waals surface area contributed by atoms with E-state index in [2.05, 4.69) is 15.5 Å². The molecule has 0 aliphatic carbocycles. The van der Waals surface area contributed by atoms with E-state index in [1.165, 1.54) is 0 Å². The number of hydrogen-bond acceptors (Lipinski definition) is 4. The monoisotopic (exact) mass is 378 g/mol. The Morgan fingerprint density at radius 1 is 1.42 bits per heavy atom. The maximum absolute atomic E-state index is 12.5. The van der Waals surface area contributed by atoms with Crippen molar-refractivity contribution >= 4 is 41.1 Å². The summed E-state index contributed by atoms with van der Waals surface area (Å²) in [4.78, 5) is 13.5. The molecule has 0 saturated heterocycles. The molecule has 0 aliphatic heterocycles. The van der Waals surface area contributed by atoms with E-state index >= 15 is 0 Å². The average molecular weight is 379 g/mol. The number of halogens is 1. The van der Waals surface area contributed by atoms with Crippen molar-refractivity contribution in [1.82, 2.24) is 20.1 Å². The molecule has 0 spiro atoms. The lowest BCUT2D eigenvalue weighted by atomic mass is 10.2. The number of rotatable bonds is 5. The molecule has 0 fully saturated rings. The van der Waals surface area contributed by atoms with E-state index in [9.17, 15) is 4.79 Å². The van der Waals surface area contributed by atoms with Gasteiger partial charge in [0.15, 0.2) is 10.6 Å². The van der Waals surface area contributed by atoms with Crippen LogP contribution in [-0.2, 0) is 11.3 Å². The zero-order chi connectivity index (χ0) is 17.1. The van der Waals surface area contributed by atoms with Crippen LogP contribution in [0, 0.1) is 4.77 Å². The van der Waals surface area contributed by atoms with E-state index in [1.807, 2.05) is 29.6 Å². The Morgan fingerprint density at radius 2 is 2.17 bits per heavy atom. The summed E-state index contributed by atoms with van der Waals surface area (Å²) < 4.78 is 2.16. The molecule has 8 heteroatoms. The van der Waals surface area contributed by atoms with Crippen LogP contribution in [0.2, 0.25) is 5.02 Å².